The van der Waals surface area contributed by atoms with Crippen molar-refractivity contribution in [3.63, 3.8) is 0 Å². The number of thiophene rings is 1. The van der Waals surface area contributed by atoms with Crippen molar-refractivity contribution in [1.82, 2.24) is 15.0 Å². The molecule has 0 fully saturated rings. The van der Waals surface area contributed by atoms with Crippen LogP contribution in [0.1, 0.15) is 33.1 Å². The predicted octanol–water partition coefficient (Wildman–Crippen LogP) is 3.03. The van der Waals surface area contributed by atoms with Crippen molar-refractivity contribution in [3.8, 4) is 10.7 Å². The zero-order valence-corrected chi connectivity index (χ0v) is 13.7. The van der Waals surface area contributed by atoms with Crippen LogP contribution in [0.5, 0.6) is 0 Å². The quantitative estimate of drug-likeness (QED) is 0.852. The van der Waals surface area contributed by atoms with Crippen LogP contribution in [0.3, 0.4) is 0 Å². The SMILES string of the molecule is CC(C)(C)CN(CCCO)Cc1nc(-c2cccs2)no1. The van der Waals surface area contributed by atoms with Crippen molar-refractivity contribution < 1.29 is 9.63 Å². The molecule has 0 spiro atoms. The molecule has 2 aromatic rings. The maximum absolute atomic E-state index is 9.03. The molecule has 6 heteroatoms. The molecule has 0 radical (unpaired) electrons. The summed E-state index contributed by atoms with van der Waals surface area (Å²) in [4.78, 5) is 7.73. The van der Waals surface area contributed by atoms with E-state index in [1.165, 1.54) is 0 Å². The maximum atomic E-state index is 9.03. The van der Waals surface area contributed by atoms with Crippen LogP contribution in [0.2, 0.25) is 0 Å². The summed E-state index contributed by atoms with van der Waals surface area (Å²) in [6.07, 6.45) is 0.752. The lowest BCUT2D eigenvalue weighted by atomic mass is 9.96. The van der Waals surface area contributed by atoms with Gasteiger partial charge in [-0.2, -0.15) is 4.98 Å². The van der Waals surface area contributed by atoms with Gasteiger partial charge in [0.15, 0.2) is 0 Å². The summed E-state index contributed by atoms with van der Waals surface area (Å²) in [5.41, 5.74) is 0.187. The minimum Gasteiger partial charge on any atom is -0.396 e. The Kier molecular flexibility index (Phi) is 5.50. The van der Waals surface area contributed by atoms with Crippen LogP contribution < -0.4 is 0 Å². The lowest BCUT2D eigenvalue weighted by Crippen LogP contribution is -2.33. The number of aromatic nitrogens is 2. The number of aliphatic hydroxyl groups excluding tert-OH is 1. The fourth-order valence-corrected chi connectivity index (χ4v) is 2.84. The lowest BCUT2D eigenvalue weighted by molar-refractivity contribution is 0.150. The van der Waals surface area contributed by atoms with Gasteiger partial charge >= 0.3 is 0 Å². The highest BCUT2D eigenvalue weighted by atomic mass is 32.1. The molecule has 21 heavy (non-hydrogen) atoms. The van der Waals surface area contributed by atoms with E-state index in [2.05, 4.69) is 35.8 Å². The number of aliphatic hydroxyl groups is 1. The van der Waals surface area contributed by atoms with E-state index in [1.54, 1.807) is 11.3 Å². The lowest BCUT2D eigenvalue weighted by Gasteiger charge is -2.28. The van der Waals surface area contributed by atoms with Crippen LogP contribution in [0, 0.1) is 5.41 Å². The topological polar surface area (TPSA) is 62.4 Å². The molecular weight excluding hydrogens is 286 g/mol. The van der Waals surface area contributed by atoms with Crippen molar-refractivity contribution in [3.05, 3.63) is 23.4 Å². The molecule has 0 atom stereocenters. The summed E-state index contributed by atoms with van der Waals surface area (Å²) in [6.45, 7) is 9.16. The zero-order valence-electron chi connectivity index (χ0n) is 12.9. The maximum Gasteiger partial charge on any atom is 0.241 e. The zero-order chi connectivity index (χ0) is 15.3. The first-order valence-electron chi connectivity index (χ1n) is 7.17. The second-order valence-corrected chi connectivity index (χ2v) is 7.29. The Morgan fingerprint density at radius 1 is 1.38 bits per heavy atom. The highest BCUT2D eigenvalue weighted by molar-refractivity contribution is 7.13. The van der Waals surface area contributed by atoms with Gasteiger partial charge in [-0.05, 0) is 23.3 Å². The van der Waals surface area contributed by atoms with E-state index in [0.29, 0.717) is 18.3 Å². The van der Waals surface area contributed by atoms with Gasteiger partial charge in [-0.3, -0.25) is 4.90 Å². The fraction of sp³-hybridized carbons (Fsp3) is 0.600. The third-order valence-corrected chi connectivity index (χ3v) is 3.76. The molecule has 2 rings (SSSR count). The molecule has 0 amide bonds. The van der Waals surface area contributed by atoms with Crippen LogP contribution in [-0.2, 0) is 6.54 Å². The summed E-state index contributed by atoms with van der Waals surface area (Å²) in [7, 11) is 0. The summed E-state index contributed by atoms with van der Waals surface area (Å²) in [5.74, 6) is 1.28. The number of hydrogen-bond donors (Lipinski definition) is 1. The highest BCUT2D eigenvalue weighted by Crippen LogP contribution is 2.22. The molecule has 116 valence electrons. The molecule has 0 bridgehead atoms. The smallest absolute Gasteiger partial charge is 0.241 e. The van der Waals surface area contributed by atoms with Crippen molar-refractivity contribution in [2.24, 2.45) is 5.41 Å². The molecule has 0 aliphatic carbocycles. The number of rotatable bonds is 7. The standard InChI is InChI=1S/C15H23N3O2S/c1-15(2,3)11-18(7-5-8-19)10-13-16-14(17-20-13)12-6-4-9-21-12/h4,6,9,19H,5,7-8,10-11H2,1-3H3. The van der Waals surface area contributed by atoms with E-state index < -0.39 is 0 Å². The Morgan fingerprint density at radius 3 is 2.81 bits per heavy atom. The first kappa shape index (κ1) is 16.1. The first-order valence-corrected chi connectivity index (χ1v) is 8.05. The second-order valence-electron chi connectivity index (χ2n) is 6.34. The van der Waals surface area contributed by atoms with Gasteiger partial charge in [0.05, 0.1) is 11.4 Å². The Bertz CT molecular complexity index is 531. The molecule has 2 aromatic heterocycles. The highest BCUT2D eigenvalue weighted by Gasteiger charge is 2.19. The largest absolute Gasteiger partial charge is 0.396 e. The number of hydrogen-bond acceptors (Lipinski definition) is 6. The minimum absolute atomic E-state index is 0.187. The third kappa shape index (κ3) is 5.22. The Morgan fingerprint density at radius 2 is 2.19 bits per heavy atom. The molecule has 0 aromatic carbocycles. The third-order valence-electron chi connectivity index (χ3n) is 2.90. The van der Waals surface area contributed by atoms with Gasteiger partial charge < -0.3 is 9.63 Å². The Balaban J connectivity index is 2.02. The van der Waals surface area contributed by atoms with Crippen LogP contribution in [0.4, 0.5) is 0 Å². The first-order chi connectivity index (χ1) is 9.98. The van der Waals surface area contributed by atoms with Crippen LogP contribution in [-0.4, -0.2) is 39.8 Å². The van der Waals surface area contributed by atoms with E-state index in [0.717, 1.165) is 24.4 Å². The van der Waals surface area contributed by atoms with E-state index in [4.69, 9.17) is 9.63 Å². The van der Waals surface area contributed by atoms with Gasteiger partial charge in [0.25, 0.3) is 0 Å². The Labute approximate surface area is 129 Å². The summed E-state index contributed by atoms with van der Waals surface area (Å²) in [6, 6.07) is 3.96. The second kappa shape index (κ2) is 7.15. The molecule has 2 heterocycles. The van der Waals surface area contributed by atoms with Crippen molar-refractivity contribution >= 4 is 11.3 Å². The average molecular weight is 309 g/mol. The van der Waals surface area contributed by atoms with E-state index >= 15 is 0 Å². The molecule has 0 aliphatic rings. The predicted molar refractivity (Wildman–Crippen MR) is 84.0 cm³/mol. The van der Waals surface area contributed by atoms with Crippen LogP contribution in [0.15, 0.2) is 22.0 Å². The summed E-state index contributed by atoms with van der Waals surface area (Å²) >= 11 is 1.60. The van der Waals surface area contributed by atoms with Gasteiger partial charge in [-0.15, -0.1) is 11.3 Å². The monoisotopic (exact) mass is 309 g/mol. The molecule has 1 N–H and O–H groups in total. The van der Waals surface area contributed by atoms with Gasteiger partial charge in [0.1, 0.15) is 0 Å². The number of nitrogens with zero attached hydrogens (tertiary/aromatic N) is 3. The van der Waals surface area contributed by atoms with E-state index in [1.807, 2.05) is 17.5 Å². The van der Waals surface area contributed by atoms with Gasteiger partial charge in [0.2, 0.25) is 11.7 Å². The van der Waals surface area contributed by atoms with Gasteiger partial charge in [0, 0.05) is 19.7 Å². The van der Waals surface area contributed by atoms with Crippen molar-refractivity contribution in [2.75, 3.05) is 19.7 Å². The van der Waals surface area contributed by atoms with Gasteiger partial charge in [-0.1, -0.05) is 32.0 Å². The minimum atomic E-state index is 0.187. The van der Waals surface area contributed by atoms with Crippen LogP contribution >= 0.6 is 11.3 Å². The molecular formula is C15H23N3O2S. The van der Waals surface area contributed by atoms with Crippen molar-refractivity contribution in [1.29, 1.82) is 0 Å². The molecule has 5 nitrogen and oxygen atoms in total. The van der Waals surface area contributed by atoms with E-state index in [9.17, 15) is 0 Å². The Hall–Kier alpha value is -1.24. The van der Waals surface area contributed by atoms with Crippen molar-refractivity contribution in [2.45, 2.75) is 33.7 Å². The average Bonchev–Trinajstić information content (AvgIpc) is 3.04. The molecule has 0 unspecified atom stereocenters. The van der Waals surface area contributed by atoms with E-state index in [-0.39, 0.29) is 12.0 Å². The summed E-state index contributed by atoms with van der Waals surface area (Å²) in [5, 5.41) is 15.1. The molecule has 0 saturated heterocycles. The van der Waals surface area contributed by atoms with Crippen LogP contribution in [0.25, 0.3) is 10.7 Å². The molecule has 0 aliphatic heterocycles. The fourth-order valence-electron chi connectivity index (χ4n) is 2.20. The van der Waals surface area contributed by atoms with Gasteiger partial charge in [-0.25, -0.2) is 0 Å². The normalized spacial score (nSPS) is 12.2. The molecule has 0 saturated carbocycles. The summed E-state index contributed by atoms with van der Waals surface area (Å²) < 4.78 is 5.35.